The van der Waals surface area contributed by atoms with E-state index in [1.807, 2.05) is 12.3 Å². The normalized spacial score (nSPS) is 18.8. The first-order valence-electron chi connectivity index (χ1n) is 8.06. The fraction of sp³-hybridized carbons (Fsp3) is 0.389. The maximum Gasteiger partial charge on any atom is 0.228 e. The van der Waals surface area contributed by atoms with Crippen molar-refractivity contribution >= 4 is 5.91 Å². The molecule has 0 unspecified atom stereocenters. The van der Waals surface area contributed by atoms with Crippen LogP contribution in [0.3, 0.4) is 0 Å². The third-order valence-electron chi connectivity index (χ3n) is 4.81. The second-order valence-corrected chi connectivity index (χ2v) is 6.36. The molecule has 0 aromatic heterocycles. The largest absolute Gasteiger partial charge is 0.508 e. The van der Waals surface area contributed by atoms with E-state index < -0.39 is 5.82 Å². The van der Waals surface area contributed by atoms with E-state index in [9.17, 15) is 19.4 Å². The van der Waals surface area contributed by atoms with E-state index in [4.69, 9.17) is 0 Å². The van der Waals surface area contributed by atoms with Gasteiger partial charge in [0.15, 0.2) is 0 Å². The Kier molecular flexibility index (Phi) is 4.57. The van der Waals surface area contributed by atoms with Gasteiger partial charge in [0.25, 0.3) is 0 Å². The molecule has 24 heavy (non-hydrogen) atoms. The zero-order chi connectivity index (χ0) is 17.2. The smallest absolute Gasteiger partial charge is 0.228 e. The van der Waals surface area contributed by atoms with Crippen molar-refractivity contribution in [3.63, 3.8) is 0 Å². The fourth-order valence-electron chi connectivity index (χ4n) is 3.14. The number of rotatable bonds is 5. The molecule has 2 aliphatic rings. The number of amides is 1. The fourth-order valence-corrected chi connectivity index (χ4v) is 3.14. The van der Waals surface area contributed by atoms with E-state index in [-0.39, 0.29) is 35.8 Å². The first-order chi connectivity index (χ1) is 11.5. The number of phenolic OH excluding ortho intramolecular Hbond substituents is 1. The van der Waals surface area contributed by atoms with Crippen molar-refractivity contribution in [3.05, 3.63) is 53.6 Å². The van der Waals surface area contributed by atoms with Crippen molar-refractivity contribution in [2.24, 2.45) is 0 Å². The molecule has 0 bridgehead atoms. The van der Waals surface area contributed by atoms with E-state index in [2.05, 4.69) is 10.2 Å². The number of carbonyl (C=O) groups is 1. The molecule has 0 spiro atoms. The standard InChI is InChI=1S/C18H21FN2O3/c19-14-2-3-16(23)13(10-14)11-17(24)20-15-4-8-21(9-5-15)18(12-22)6-1-7-18/h2-5,8,10,22-23H,1,6-7,9,11-12H2,(H,20,24). The van der Waals surface area contributed by atoms with E-state index in [0.29, 0.717) is 12.2 Å². The first kappa shape index (κ1) is 16.5. The van der Waals surface area contributed by atoms with Crippen molar-refractivity contribution < 1.29 is 19.4 Å². The average Bonchev–Trinajstić information content (AvgIpc) is 2.52. The van der Waals surface area contributed by atoms with E-state index >= 15 is 0 Å². The van der Waals surface area contributed by atoms with Crippen LogP contribution in [0.25, 0.3) is 0 Å². The summed E-state index contributed by atoms with van der Waals surface area (Å²) in [4.78, 5) is 14.2. The van der Waals surface area contributed by atoms with Gasteiger partial charge in [-0.25, -0.2) is 4.39 Å². The van der Waals surface area contributed by atoms with Crippen LogP contribution in [0.15, 0.2) is 42.2 Å². The van der Waals surface area contributed by atoms with Crippen molar-refractivity contribution in [1.82, 2.24) is 10.2 Å². The topological polar surface area (TPSA) is 72.8 Å². The summed E-state index contributed by atoms with van der Waals surface area (Å²) < 4.78 is 13.2. The molecule has 3 rings (SSSR count). The maximum absolute atomic E-state index is 13.2. The lowest BCUT2D eigenvalue weighted by molar-refractivity contribution is -0.119. The lowest BCUT2D eigenvalue weighted by Gasteiger charge is -2.49. The molecule has 1 heterocycles. The zero-order valence-electron chi connectivity index (χ0n) is 13.3. The van der Waals surface area contributed by atoms with Crippen LogP contribution in [0.4, 0.5) is 4.39 Å². The molecule has 6 heteroatoms. The Morgan fingerprint density at radius 1 is 1.38 bits per heavy atom. The van der Waals surface area contributed by atoms with Crippen LogP contribution in [0, 0.1) is 5.82 Å². The number of nitrogens with zero attached hydrogens (tertiary/aromatic N) is 1. The molecular formula is C18H21FN2O3. The number of aliphatic hydroxyl groups excluding tert-OH is 1. The van der Waals surface area contributed by atoms with Gasteiger partial charge in [0.05, 0.1) is 18.6 Å². The molecule has 1 aliphatic heterocycles. The Labute approximate surface area is 140 Å². The van der Waals surface area contributed by atoms with Crippen LogP contribution in [-0.4, -0.2) is 39.7 Å². The molecule has 1 aliphatic carbocycles. The highest BCUT2D eigenvalue weighted by Crippen LogP contribution is 2.38. The van der Waals surface area contributed by atoms with Gasteiger partial charge in [-0.2, -0.15) is 0 Å². The Morgan fingerprint density at radius 3 is 2.75 bits per heavy atom. The number of hydrogen-bond acceptors (Lipinski definition) is 4. The van der Waals surface area contributed by atoms with Crippen molar-refractivity contribution in [2.75, 3.05) is 13.2 Å². The quantitative estimate of drug-likeness (QED) is 0.769. The molecule has 3 N–H and O–H groups in total. The third-order valence-corrected chi connectivity index (χ3v) is 4.81. The van der Waals surface area contributed by atoms with Gasteiger partial charge in [-0.3, -0.25) is 4.79 Å². The Balaban J connectivity index is 1.57. The number of nitrogens with one attached hydrogen (secondary N) is 1. The number of allylic oxidation sites excluding steroid dienone is 1. The number of phenols is 1. The molecule has 0 saturated heterocycles. The van der Waals surface area contributed by atoms with Crippen LogP contribution in [-0.2, 0) is 11.2 Å². The monoisotopic (exact) mass is 332 g/mol. The average molecular weight is 332 g/mol. The molecule has 128 valence electrons. The molecule has 1 fully saturated rings. The summed E-state index contributed by atoms with van der Waals surface area (Å²) in [5.41, 5.74) is 0.762. The van der Waals surface area contributed by atoms with Crippen LogP contribution < -0.4 is 5.32 Å². The second-order valence-electron chi connectivity index (χ2n) is 6.36. The minimum Gasteiger partial charge on any atom is -0.508 e. The van der Waals surface area contributed by atoms with Gasteiger partial charge in [-0.05, 0) is 49.6 Å². The van der Waals surface area contributed by atoms with Gasteiger partial charge in [0, 0.05) is 24.0 Å². The van der Waals surface area contributed by atoms with Crippen LogP contribution in [0.1, 0.15) is 24.8 Å². The summed E-state index contributed by atoms with van der Waals surface area (Å²) in [6, 6.07) is 3.54. The third kappa shape index (κ3) is 3.28. The van der Waals surface area contributed by atoms with Crippen LogP contribution >= 0.6 is 0 Å². The Bertz CT molecular complexity index is 690. The summed E-state index contributed by atoms with van der Waals surface area (Å²) in [6.45, 7) is 0.754. The molecule has 1 saturated carbocycles. The number of benzene rings is 1. The van der Waals surface area contributed by atoms with Gasteiger partial charge < -0.3 is 20.4 Å². The number of aromatic hydroxyl groups is 1. The Morgan fingerprint density at radius 2 is 2.17 bits per heavy atom. The van der Waals surface area contributed by atoms with Gasteiger partial charge in [-0.1, -0.05) is 0 Å². The molecule has 1 aromatic rings. The number of aliphatic hydroxyl groups is 1. The highest BCUT2D eigenvalue weighted by Gasteiger charge is 2.40. The summed E-state index contributed by atoms with van der Waals surface area (Å²) in [7, 11) is 0. The minimum absolute atomic E-state index is 0.0965. The molecule has 0 radical (unpaired) electrons. The maximum atomic E-state index is 13.2. The summed E-state index contributed by atoms with van der Waals surface area (Å²) in [5.74, 6) is -0.903. The molecule has 5 nitrogen and oxygen atoms in total. The van der Waals surface area contributed by atoms with Crippen LogP contribution in [0.5, 0.6) is 5.75 Å². The summed E-state index contributed by atoms with van der Waals surface area (Å²) >= 11 is 0. The minimum atomic E-state index is -0.488. The molecular weight excluding hydrogens is 311 g/mol. The van der Waals surface area contributed by atoms with Gasteiger partial charge in [-0.15, -0.1) is 0 Å². The number of hydrogen-bond donors (Lipinski definition) is 3. The highest BCUT2D eigenvalue weighted by molar-refractivity contribution is 5.81. The van der Waals surface area contributed by atoms with Crippen molar-refractivity contribution in [3.8, 4) is 5.75 Å². The lowest BCUT2D eigenvalue weighted by Crippen LogP contribution is -2.54. The van der Waals surface area contributed by atoms with Crippen molar-refractivity contribution in [1.29, 1.82) is 0 Å². The lowest BCUT2D eigenvalue weighted by atomic mass is 9.76. The molecule has 1 amide bonds. The van der Waals surface area contributed by atoms with Gasteiger partial charge >= 0.3 is 0 Å². The van der Waals surface area contributed by atoms with E-state index in [1.54, 1.807) is 6.08 Å². The highest BCUT2D eigenvalue weighted by atomic mass is 19.1. The van der Waals surface area contributed by atoms with Gasteiger partial charge in [0.1, 0.15) is 11.6 Å². The second kappa shape index (κ2) is 6.65. The van der Waals surface area contributed by atoms with Gasteiger partial charge in [0.2, 0.25) is 5.91 Å². The van der Waals surface area contributed by atoms with E-state index in [1.165, 1.54) is 6.07 Å². The number of carbonyl (C=O) groups excluding carboxylic acids is 1. The van der Waals surface area contributed by atoms with E-state index in [0.717, 1.165) is 31.4 Å². The molecule has 0 atom stereocenters. The predicted octanol–water partition coefficient (Wildman–Crippen LogP) is 1.82. The summed E-state index contributed by atoms with van der Waals surface area (Å²) in [5, 5.41) is 22.0. The predicted molar refractivity (Wildman–Crippen MR) is 87.5 cm³/mol. The molecule has 1 aromatic carbocycles. The number of halogens is 1. The van der Waals surface area contributed by atoms with Crippen LogP contribution in [0.2, 0.25) is 0 Å². The van der Waals surface area contributed by atoms with Crippen molar-refractivity contribution in [2.45, 2.75) is 31.2 Å². The first-order valence-corrected chi connectivity index (χ1v) is 8.06. The SMILES string of the molecule is O=C(Cc1cc(F)ccc1O)NC1=CCN(C2(CO)CCC2)C=C1. The zero-order valence-corrected chi connectivity index (χ0v) is 13.3. The Hall–Kier alpha value is -2.34. The summed E-state index contributed by atoms with van der Waals surface area (Å²) in [6.07, 6.45) is 8.55.